The number of halogens is 1. The Kier molecular flexibility index (Phi) is 7.47. The molecule has 0 aliphatic carbocycles. The summed E-state index contributed by atoms with van der Waals surface area (Å²) < 4.78 is 5.69. The third-order valence-corrected chi connectivity index (χ3v) is 4.69. The average Bonchev–Trinajstić information content (AvgIpc) is 2.55. The van der Waals surface area contributed by atoms with Gasteiger partial charge in [-0.15, -0.1) is 11.8 Å². The smallest absolute Gasteiger partial charge is 0.220 e. The Morgan fingerprint density at radius 2 is 1.92 bits per heavy atom. The van der Waals surface area contributed by atoms with E-state index in [9.17, 15) is 4.79 Å². The molecule has 24 heavy (non-hydrogen) atoms. The molecule has 0 bridgehead atoms. The van der Waals surface area contributed by atoms with Gasteiger partial charge in [-0.3, -0.25) is 4.79 Å². The highest BCUT2D eigenvalue weighted by atomic mass is 35.5. The van der Waals surface area contributed by atoms with Crippen molar-refractivity contribution in [3.8, 4) is 5.75 Å². The van der Waals surface area contributed by atoms with Crippen LogP contribution in [0, 0.1) is 13.8 Å². The molecule has 0 spiro atoms. The van der Waals surface area contributed by atoms with E-state index < -0.39 is 0 Å². The summed E-state index contributed by atoms with van der Waals surface area (Å²) in [6.07, 6.45) is 0.483. The Morgan fingerprint density at radius 1 is 1.17 bits per heavy atom. The number of nitrogens with one attached hydrogen (secondary N) is 1. The lowest BCUT2D eigenvalue weighted by atomic mass is 10.1. The fourth-order valence-corrected chi connectivity index (χ4v) is 3.17. The summed E-state index contributed by atoms with van der Waals surface area (Å²) in [6, 6.07) is 13.7. The molecule has 0 heterocycles. The van der Waals surface area contributed by atoms with Crippen molar-refractivity contribution in [1.29, 1.82) is 0 Å². The van der Waals surface area contributed by atoms with Crippen LogP contribution in [0.1, 0.15) is 17.5 Å². The minimum Gasteiger partial charge on any atom is -0.491 e. The van der Waals surface area contributed by atoms with Gasteiger partial charge in [0.15, 0.2) is 0 Å². The third-order valence-electron chi connectivity index (χ3n) is 3.42. The molecule has 0 saturated carbocycles. The van der Waals surface area contributed by atoms with E-state index >= 15 is 0 Å². The van der Waals surface area contributed by atoms with Gasteiger partial charge in [-0.2, -0.15) is 0 Å². The quantitative estimate of drug-likeness (QED) is 0.548. The summed E-state index contributed by atoms with van der Waals surface area (Å²) in [6.45, 7) is 5.06. The third kappa shape index (κ3) is 6.46. The maximum Gasteiger partial charge on any atom is 0.220 e. The predicted molar refractivity (Wildman–Crippen MR) is 101 cm³/mol. The number of carbonyl (C=O) groups excluding carboxylic acids is 1. The van der Waals surface area contributed by atoms with Gasteiger partial charge in [-0.1, -0.05) is 29.3 Å². The number of carbonyl (C=O) groups is 1. The minimum absolute atomic E-state index is 0.0423. The fourth-order valence-electron chi connectivity index (χ4n) is 2.19. The van der Waals surface area contributed by atoms with E-state index in [1.54, 1.807) is 11.8 Å². The topological polar surface area (TPSA) is 38.3 Å². The first kappa shape index (κ1) is 18.7. The van der Waals surface area contributed by atoms with E-state index in [1.165, 1.54) is 5.56 Å². The van der Waals surface area contributed by atoms with Crippen LogP contribution in [0.4, 0.5) is 0 Å². The van der Waals surface area contributed by atoms with Crippen LogP contribution in [-0.2, 0) is 4.79 Å². The Morgan fingerprint density at radius 3 is 2.62 bits per heavy atom. The summed E-state index contributed by atoms with van der Waals surface area (Å²) >= 11 is 7.49. The highest BCUT2D eigenvalue weighted by Gasteiger charge is 2.03. The molecule has 128 valence electrons. The van der Waals surface area contributed by atoms with E-state index in [0.29, 0.717) is 19.6 Å². The SMILES string of the molecule is Cc1ccc(OCCNC(=O)CCSc2ccc(Cl)cc2)c(C)c1. The van der Waals surface area contributed by atoms with Crippen LogP contribution in [0.3, 0.4) is 0 Å². The zero-order valence-corrected chi connectivity index (χ0v) is 15.5. The molecule has 0 aromatic heterocycles. The van der Waals surface area contributed by atoms with Crippen LogP contribution in [0.5, 0.6) is 5.75 Å². The molecule has 2 aromatic carbocycles. The average molecular weight is 364 g/mol. The minimum atomic E-state index is 0.0423. The van der Waals surface area contributed by atoms with Crippen molar-refractivity contribution in [2.75, 3.05) is 18.9 Å². The largest absolute Gasteiger partial charge is 0.491 e. The maximum absolute atomic E-state index is 11.8. The van der Waals surface area contributed by atoms with Crippen LogP contribution in [0.2, 0.25) is 5.02 Å². The van der Waals surface area contributed by atoms with Crippen molar-refractivity contribution in [2.45, 2.75) is 25.2 Å². The molecule has 0 atom stereocenters. The van der Waals surface area contributed by atoms with Gasteiger partial charge < -0.3 is 10.1 Å². The Bertz CT molecular complexity index is 674. The Balaban J connectivity index is 1.60. The fraction of sp³-hybridized carbons (Fsp3) is 0.316. The lowest BCUT2D eigenvalue weighted by Crippen LogP contribution is -2.28. The van der Waals surface area contributed by atoms with Gasteiger partial charge in [0.2, 0.25) is 5.91 Å². The molecule has 0 unspecified atom stereocenters. The van der Waals surface area contributed by atoms with Crippen molar-refractivity contribution in [3.63, 3.8) is 0 Å². The summed E-state index contributed by atoms with van der Waals surface area (Å²) in [5.41, 5.74) is 2.33. The summed E-state index contributed by atoms with van der Waals surface area (Å²) in [7, 11) is 0. The number of thioether (sulfide) groups is 1. The number of rotatable bonds is 8. The molecule has 0 saturated heterocycles. The summed E-state index contributed by atoms with van der Waals surface area (Å²) in [5, 5.41) is 3.60. The second-order valence-corrected chi connectivity index (χ2v) is 7.12. The zero-order chi connectivity index (χ0) is 17.4. The highest BCUT2D eigenvalue weighted by molar-refractivity contribution is 7.99. The van der Waals surface area contributed by atoms with Gasteiger partial charge in [0, 0.05) is 22.1 Å². The highest BCUT2D eigenvalue weighted by Crippen LogP contribution is 2.21. The monoisotopic (exact) mass is 363 g/mol. The van der Waals surface area contributed by atoms with Gasteiger partial charge in [0.25, 0.3) is 0 Å². The molecule has 0 radical (unpaired) electrons. The second-order valence-electron chi connectivity index (χ2n) is 5.52. The van der Waals surface area contributed by atoms with Gasteiger partial charge >= 0.3 is 0 Å². The van der Waals surface area contributed by atoms with Crippen LogP contribution >= 0.6 is 23.4 Å². The van der Waals surface area contributed by atoms with Crippen molar-refractivity contribution < 1.29 is 9.53 Å². The van der Waals surface area contributed by atoms with Gasteiger partial charge in [-0.05, 0) is 49.7 Å². The number of hydrogen-bond acceptors (Lipinski definition) is 3. The van der Waals surface area contributed by atoms with Gasteiger partial charge in [0.05, 0.1) is 6.54 Å². The Hall–Kier alpha value is -1.65. The first-order chi connectivity index (χ1) is 11.5. The predicted octanol–water partition coefficient (Wildman–Crippen LogP) is 4.63. The van der Waals surface area contributed by atoms with E-state index in [4.69, 9.17) is 16.3 Å². The van der Waals surface area contributed by atoms with Crippen molar-refractivity contribution in [3.05, 3.63) is 58.6 Å². The molecule has 2 aromatic rings. The van der Waals surface area contributed by atoms with Crippen molar-refractivity contribution >= 4 is 29.3 Å². The number of amides is 1. The van der Waals surface area contributed by atoms with Crippen molar-refractivity contribution in [1.82, 2.24) is 5.32 Å². The van der Waals surface area contributed by atoms with E-state index in [1.807, 2.05) is 43.3 Å². The molecule has 3 nitrogen and oxygen atoms in total. The number of aryl methyl sites for hydroxylation is 2. The molecule has 1 N–H and O–H groups in total. The lowest BCUT2D eigenvalue weighted by molar-refractivity contribution is -0.120. The van der Waals surface area contributed by atoms with E-state index in [-0.39, 0.29) is 5.91 Å². The van der Waals surface area contributed by atoms with Gasteiger partial charge in [0.1, 0.15) is 12.4 Å². The number of ether oxygens (including phenoxy) is 1. The van der Waals surface area contributed by atoms with Crippen LogP contribution in [-0.4, -0.2) is 24.8 Å². The number of hydrogen-bond donors (Lipinski definition) is 1. The van der Waals surface area contributed by atoms with E-state index in [0.717, 1.165) is 27.0 Å². The zero-order valence-electron chi connectivity index (χ0n) is 14.0. The normalized spacial score (nSPS) is 10.5. The first-order valence-corrected chi connectivity index (χ1v) is 9.26. The second kappa shape index (κ2) is 9.60. The van der Waals surface area contributed by atoms with E-state index in [2.05, 4.69) is 18.3 Å². The number of benzene rings is 2. The summed E-state index contributed by atoms with van der Waals surface area (Å²) in [4.78, 5) is 12.9. The lowest BCUT2D eigenvalue weighted by Gasteiger charge is -2.10. The van der Waals surface area contributed by atoms with Crippen LogP contribution < -0.4 is 10.1 Å². The van der Waals surface area contributed by atoms with Crippen LogP contribution in [0.15, 0.2) is 47.4 Å². The molecule has 5 heteroatoms. The maximum atomic E-state index is 11.8. The standard InChI is InChI=1S/C19H22ClNO2S/c1-14-3-8-18(15(2)13-14)23-11-10-21-19(22)9-12-24-17-6-4-16(20)5-7-17/h3-8,13H,9-12H2,1-2H3,(H,21,22). The Labute approximate surface area is 152 Å². The first-order valence-electron chi connectivity index (χ1n) is 7.90. The summed E-state index contributed by atoms with van der Waals surface area (Å²) in [5.74, 6) is 1.65. The molecular weight excluding hydrogens is 342 g/mol. The van der Waals surface area contributed by atoms with Crippen molar-refractivity contribution in [2.24, 2.45) is 0 Å². The molecule has 0 aliphatic heterocycles. The molecule has 0 fully saturated rings. The van der Waals surface area contributed by atoms with Gasteiger partial charge in [-0.25, -0.2) is 0 Å². The van der Waals surface area contributed by atoms with Crippen LogP contribution in [0.25, 0.3) is 0 Å². The molecular formula is C19H22ClNO2S. The molecule has 1 amide bonds. The molecule has 0 aliphatic rings. The molecule has 2 rings (SSSR count).